The van der Waals surface area contributed by atoms with E-state index in [-0.39, 0.29) is 11.9 Å². The maximum atomic E-state index is 11.2. The molecule has 6 heteroatoms. The first-order valence-corrected chi connectivity index (χ1v) is 5.92. The molecule has 0 radical (unpaired) electrons. The Hall–Kier alpha value is -2.24. The van der Waals surface area contributed by atoms with Gasteiger partial charge in [0.1, 0.15) is 0 Å². The predicted octanol–water partition coefficient (Wildman–Crippen LogP) is 0.672. The van der Waals surface area contributed by atoms with Gasteiger partial charge in [-0.15, -0.1) is 5.10 Å². The highest BCUT2D eigenvalue weighted by Crippen LogP contribution is 2.21. The van der Waals surface area contributed by atoms with Gasteiger partial charge in [-0.2, -0.15) is 0 Å². The van der Waals surface area contributed by atoms with Gasteiger partial charge < -0.3 is 5.32 Å². The second-order valence-electron chi connectivity index (χ2n) is 4.34. The molecule has 0 unspecified atom stereocenters. The van der Waals surface area contributed by atoms with Gasteiger partial charge in [0.15, 0.2) is 5.82 Å². The van der Waals surface area contributed by atoms with E-state index in [1.165, 1.54) is 0 Å². The third-order valence-corrected chi connectivity index (χ3v) is 3.04. The number of benzene rings is 1. The highest BCUT2D eigenvalue weighted by Gasteiger charge is 2.27. The van der Waals surface area contributed by atoms with E-state index in [2.05, 4.69) is 20.8 Å². The van der Waals surface area contributed by atoms with Crippen molar-refractivity contribution < 1.29 is 4.79 Å². The van der Waals surface area contributed by atoms with Crippen LogP contribution in [0.25, 0.3) is 0 Å². The summed E-state index contributed by atoms with van der Waals surface area (Å²) in [5, 5.41) is 14.6. The summed E-state index contributed by atoms with van der Waals surface area (Å²) in [6.07, 6.45) is 1.30. The zero-order valence-electron chi connectivity index (χ0n) is 9.78. The van der Waals surface area contributed by atoms with Crippen LogP contribution in [-0.4, -0.2) is 26.1 Å². The lowest BCUT2D eigenvalue weighted by Crippen LogP contribution is -2.22. The third-order valence-electron chi connectivity index (χ3n) is 3.04. The Morgan fingerprint density at radius 1 is 1.33 bits per heavy atom. The highest BCUT2D eigenvalue weighted by molar-refractivity contribution is 5.78. The Bertz CT molecular complexity index is 551. The molecule has 1 N–H and O–H groups in total. The largest absolute Gasteiger partial charge is 0.346 e. The SMILES string of the molecule is O=C1CC[C@H](c2nnnn2Cc2ccccc2)N1. The molecule has 3 rings (SSSR count). The van der Waals surface area contributed by atoms with E-state index in [9.17, 15) is 4.79 Å². The van der Waals surface area contributed by atoms with Crippen LogP contribution in [0.15, 0.2) is 30.3 Å². The summed E-state index contributed by atoms with van der Waals surface area (Å²) in [4.78, 5) is 11.2. The van der Waals surface area contributed by atoms with Gasteiger partial charge in [-0.1, -0.05) is 30.3 Å². The van der Waals surface area contributed by atoms with Crippen LogP contribution in [0.1, 0.15) is 30.3 Å². The van der Waals surface area contributed by atoms with E-state index in [1.807, 2.05) is 30.3 Å². The van der Waals surface area contributed by atoms with E-state index in [0.717, 1.165) is 17.8 Å². The number of tetrazole rings is 1. The van der Waals surface area contributed by atoms with Crippen molar-refractivity contribution in [2.75, 3.05) is 0 Å². The second-order valence-corrected chi connectivity index (χ2v) is 4.34. The van der Waals surface area contributed by atoms with Gasteiger partial charge in [-0.05, 0) is 22.4 Å². The van der Waals surface area contributed by atoms with Gasteiger partial charge in [0, 0.05) is 6.42 Å². The number of amides is 1. The average molecular weight is 243 g/mol. The quantitative estimate of drug-likeness (QED) is 0.860. The van der Waals surface area contributed by atoms with E-state index in [4.69, 9.17) is 0 Å². The number of hydrogen-bond acceptors (Lipinski definition) is 4. The standard InChI is InChI=1S/C12H13N5O/c18-11-7-6-10(13-11)12-14-15-16-17(12)8-9-4-2-1-3-5-9/h1-5,10H,6-8H2,(H,13,18)/t10-/m1/s1. The first-order chi connectivity index (χ1) is 8.83. The zero-order chi connectivity index (χ0) is 12.4. The van der Waals surface area contributed by atoms with Gasteiger partial charge in [-0.3, -0.25) is 4.79 Å². The van der Waals surface area contributed by atoms with Crippen molar-refractivity contribution >= 4 is 5.91 Å². The summed E-state index contributed by atoms with van der Waals surface area (Å²) in [6, 6.07) is 9.93. The lowest BCUT2D eigenvalue weighted by atomic mass is 10.2. The Morgan fingerprint density at radius 2 is 2.17 bits per heavy atom. The summed E-state index contributed by atoms with van der Waals surface area (Å²) in [5.41, 5.74) is 1.13. The number of carbonyl (C=O) groups is 1. The molecule has 1 aliphatic heterocycles. The molecular weight excluding hydrogens is 230 g/mol. The van der Waals surface area contributed by atoms with Crippen molar-refractivity contribution in [1.82, 2.24) is 25.5 Å². The van der Waals surface area contributed by atoms with Crippen LogP contribution < -0.4 is 5.32 Å². The van der Waals surface area contributed by atoms with Crippen LogP contribution in [0, 0.1) is 0 Å². The van der Waals surface area contributed by atoms with Crippen molar-refractivity contribution in [2.24, 2.45) is 0 Å². The molecule has 92 valence electrons. The van der Waals surface area contributed by atoms with E-state index < -0.39 is 0 Å². The summed E-state index contributed by atoms with van der Waals surface area (Å²) < 4.78 is 1.74. The highest BCUT2D eigenvalue weighted by atomic mass is 16.1. The van der Waals surface area contributed by atoms with E-state index in [0.29, 0.717) is 13.0 Å². The second kappa shape index (κ2) is 4.56. The number of carbonyl (C=O) groups excluding carboxylic acids is 1. The number of nitrogens with zero attached hydrogens (tertiary/aromatic N) is 4. The van der Waals surface area contributed by atoms with Crippen molar-refractivity contribution in [3.63, 3.8) is 0 Å². The molecule has 1 amide bonds. The minimum atomic E-state index is -0.0591. The molecule has 1 aliphatic rings. The Morgan fingerprint density at radius 3 is 2.89 bits per heavy atom. The van der Waals surface area contributed by atoms with Crippen LogP contribution >= 0.6 is 0 Å². The summed E-state index contributed by atoms with van der Waals surface area (Å²) in [5.74, 6) is 0.791. The Labute approximate surface area is 104 Å². The minimum absolute atomic E-state index is 0.0591. The fraction of sp³-hybridized carbons (Fsp3) is 0.333. The number of nitrogens with one attached hydrogen (secondary N) is 1. The maximum absolute atomic E-state index is 11.2. The Balaban J connectivity index is 1.81. The zero-order valence-corrected chi connectivity index (χ0v) is 9.78. The van der Waals surface area contributed by atoms with Crippen molar-refractivity contribution in [3.8, 4) is 0 Å². The molecule has 1 fully saturated rings. The van der Waals surface area contributed by atoms with Crippen molar-refractivity contribution in [1.29, 1.82) is 0 Å². The molecule has 0 bridgehead atoms. The number of rotatable bonds is 3. The molecule has 1 aromatic heterocycles. The van der Waals surface area contributed by atoms with Crippen molar-refractivity contribution in [3.05, 3.63) is 41.7 Å². The molecule has 1 atom stereocenters. The van der Waals surface area contributed by atoms with Crippen LogP contribution in [0.5, 0.6) is 0 Å². The molecular formula is C12H13N5O. The fourth-order valence-electron chi connectivity index (χ4n) is 2.14. The molecule has 0 spiro atoms. The van der Waals surface area contributed by atoms with Gasteiger partial charge in [0.2, 0.25) is 5.91 Å². The van der Waals surface area contributed by atoms with Crippen LogP contribution in [0.3, 0.4) is 0 Å². The smallest absolute Gasteiger partial charge is 0.220 e. The van der Waals surface area contributed by atoms with Crippen LogP contribution in [0.4, 0.5) is 0 Å². The number of hydrogen-bond donors (Lipinski definition) is 1. The molecule has 6 nitrogen and oxygen atoms in total. The normalized spacial score (nSPS) is 18.9. The van der Waals surface area contributed by atoms with E-state index in [1.54, 1.807) is 4.68 Å². The minimum Gasteiger partial charge on any atom is -0.346 e. The predicted molar refractivity (Wildman–Crippen MR) is 63.5 cm³/mol. The monoisotopic (exact) mass is 243 g/mol. The fourth-order valence-corrected chi connectivity index (χ4v) is 2.14. The third kappa shape index (κ3) is 2.09. The molecule has 2 aromatic rings. The molecule has 0 saturated carbocycles. The first kappa shape index (κ1) is 10.9. The van der Waals surface area contributed by atoms with Crippen LogP contribution in [0.2, 0.25) is 0 Å². The summed E-state index contributed by atoms with van der Waals surface area (Å²) in [7, 11) is 0. The van der Waals surface area contributed by atoms with Gasteiger partial charge in [0.25, 0.3) is 0 Å². The molecule has 1 saturated heterocycles. The molecule has 1 aromatic carbocycles. The van der Waals surface area contributed by atoms with Gasteiger partial charge in [0.05, 0.1) is 12.6 Å². The lowest BCUT2D eigenvalue weighted by Gasteiger charge is -2.10. The van der Waals surface area contributed by atoms with Crippen LogP contribution in [-0.2, 0) is 11.3 Å². The Kier molecular flexibility index (Phi) is 2.76. The topological polar surface area (TPSA) is 72.7 Å². The molecule has 18 heavy (non-hydrogen) atoms. The number of aromatic nitrogens is 4. The molecule has 0 aliphatic carbocycles. The van der Waals surface area contributed by atoms with E-state index >= 15 is 0 Å². The van der Waals surface area contributed by atoms with Gasteiger partial charge in [-0.25, -0.2) is 4.68 Å². The maximum Gasteiger partial charge on any atom is 0.220 e. The summed E-state index contributed by atoms with van der Waals surface area (Å²) in [6.45, 7) is 0.621. The summed E-state index contributed by atoms with van der Waals surface area (Å²) >= 11 is 0. The lowest BCUT2D eigenvalue weighted by molar-refractivity contribution is -0.119. The molecule has 2 heterocycles. The van der Waals surface area contributed by atoms with Gasteiger partial charge >= 0.3 is 0 Å². The first-order valence-electron chi connectivity index (χ1n) is 5.92. The van der Waals surface area contributed by atoms with Crippen molar-refractivity contribution in [2.45, 2.75) is 25.4 Å². The average Bonchev–Trinajstić information content (AvgIpc) is 2.99.